The Balaban J connectivity index is 1.60. The lowest BCUT2D eigenvalue weighted by molar-refractivity contribution is 0.117. The predicted molar refractivity (Wildman–Crippen MR) is 81.6 cm³/mol. The van der Waals surface area contributed by atoms with Gasteiger partial charge in [-0.05, 0) is 57.3 Å². The van der Waals surface area contributed by atoms with Gasteiger partial charge < -0.3 is 5.32 Å². The van der Waals surface area contributed by atoms with Gasteiger partial charge in [-0.25, -0.2) is 0 Å². The molecule has 0 spiro atoms. The van der Waals surface area contributed by atoms with E-state index in [0.29, 0.717) is 0 Å². The highest BCUT2D eigenvalue weighted by Crippen LogP contribution is 2.28. The van der Waals surface area contributed by atoms with Crippen molar-refractivity contribution in [2.24, 2.45) is 5.92 Å². The topological polar surface area (TPSA) is 33.1 Å². The third-order valence-corrected chi connectivity index (χ3v) is 5.02. The molecule has 1 unspecified atom stereocenters. The number of hydrogen-bond donors (Lipinski definition) is 1. The molecule has 1 aromatic rings. The number of piperidine rings is 1. The van der Waals surface area contributed by atoms with Gasteiger partial charge in [-0.15, -0.1) is 0 Å². The quantitative estimate of drug-likeness (QED) is 0.914. The summed E-state index contributed by atoms with van der Waals surface area (Å²) < 4.78 is 2.07. The summed E-state index contributed by atoms with van der Waals surface area (Å²) in [6, 6.07) is 2.84. The van der Waals surface area contributed by atoms with Crippen LogP contribution in [0.5, 0.6) is 0 Å². The molecule has 2 aliphatic rings. The Morgan fingerprint density at radius 3 is 2.75 bits per heavy atom. The van der Waals surface area contributed by atoms with Gasteiger partial charge in [0, 0.05) is 25.0 Å². The minimum absolute atomic E-state index is 0.815. The average Bonchev–Trinajstić information content (AvgIpc) is 2.90. The van der Waals surface area contributed by atoms with E-state index in [2.05, 4.69) is 26.2 Å². The first kappa shape index (κ1) is 14.1. The number of likely N-dealkylation sites (tertiary alicyclic amines) is 1. The molecule has 2 aliphatic heterocycles. The van der Waals surface area contributed by atoms with Crippen LogP contribution in [0, 0.1) is 5.92 Å². The van der Waals surface area contributed by atoms with Crippen LogP contribution in [0.3, 0.4) is 0 Å². The second-order valence-corrected chi connectivity index (χ2v) is 6.31. The van der Waals surface area contributed by atoms with Gasteiger partial charge in [0.15, 0.2) is 0 Å². The summed E-state index contributed by atoms with van der Waals surface area (Å²) in [6.07, 6.45) is 12.3. The largest absolute Gasteiger partial charge is 0.317 e. The number of rotatable bonds is 4. The van der Waals surface area contributed by atoms with E-state index in [1.165, 1.54) is 58.2 Å². The first-order valence-corrected chi connectivity index (χ1v) is 8.36. The van der Waals surface area contributed by atoms with Gasteiger partial charge in [0.05, 0.1) is 6.54 Å². The Hall–Kier alpha value is -0.870. The summed E-state index contributed by atoms with van der Waals surface area (Å²) >= 11 is 0. The van der Waals surface area contributed by atoms with Crippen LogP contribution >= 0.6 is 0 Å². The number of nitrogens with one attached hydrogen (secondary N) is 1. The van der Waals surface area contributed by atoms with Crippen LogP contribution in [-0.4, -0.2) is 46.9 Å². The van der Waals surface area contributed by atoms with Crippen LogP contribution in [0.15, 0.2) is 18.5 Å². The molecule has 0 saturated carbocycles. The molecule has 112 valence electrons. The van der Waals surface area contributed by atoms with Crippen molar-refractivity contribution >= 4 is 0 Å². The fourth-order valence-corrected chi connectivity index (χ4v) is 3.90. The van der Waals surface area contributed by atoms with Gasteiger partial charge in [-0.1, -0.05) is 12.8 Å². The number of nitrogens with zero attached hydrogens (tertiary/aromatic N) is 3. The third-order valence-electron chi connectivity index (χ3n) is 5.02. The van der Waals surface area contributed by atoms with Gasteiger partial charge in [0.1, 0.15) is 0 Å². The molecule has 0 aliphatic carbocycles. The minimum atomic E-state index is 0.815. The standard InChI is InChI=1S/C16H28N4/c1-2-5-16(15-6-9-17-10-7-15)19(11-3-1)13-14-20-12-4-8-18-20/h4,8,12,15-17H,1-3,5-7,9-11,13-14H2. The smallest absolute Gasteiger partial charge is 0.0536 e. The molecular formula is C16H28N4. The van der Waals surface area contributed by atoms with Crippen molar-refractivity contribution in [1.29, 1.82) is 0 Å². The molecule has 3 heterocycles. The summed E-state index contributed by atoms with van der Waals surface area (Å²) in [5.74, 6) is 0.909. The van der Waals surface area contributed by atoms with Crippen molar-refractivity contribution in [2.45, 2.75) is 51.1 Å². The maximum absolute atomic E-state index is 4.34. The Labute approximate surface area is 122 Å². The molecule has 0 amide bonds. The van der Waals surface area contributed by atoms with Crippen LogP contribution in [0.1, 0.15) is 38.5 Å². The first-order chi connectivity index (χ1) is 9.93. The van der Waals surface area contributed by atoms with E-state index < -0.39 is 0 Å². The van der Waals surface area contributed by atoms with Gasteiger partial charge >= 0.3 is 0 Å². The van der Waals surface area contributed by atoms with Crippen molar-refractivity contribution in [3.05, 3.63) is 18.5 Å². The van der Waals surface area contributed by atoms with Gasteiger partial charge in [-0.3, -0.25) is 9.58 Å². The Kier molecular flexibility index (Phi) is 5.09. The highest BCUT2D eigenvalue weighted by molar-refractivity contribution is 4.85. The molecule has 2 fully saturated rings. The monoisotopic (exact) mass is 276 g/mol. The first-order valence-electron chi connectivity index (χ1n) is 8.36. The zero-order valence-electron chi connectivity index (χ0n) is 12.5. The van der Waals surface area contributed by atoms with Crippen molar-refractivity contribution < 1.29 is 0 Å². The molecule has 4 nitrogen and oxygen atoms in total. The molecule has 20 heavy (non-hydrogen) atoms. The number of hydrogen-bond acceptors (Lipinski definition) is 3. The summed E-state index contributed by atoms with van der Waals surface area (Å²) in [4.78, 5) is 2.77. The zero-order chi connectivity index (χ0) is 13.6. The fraction of sp³-hybridized carbons (Fsp3) is 0.812. The van der Waals surface area contributed by atoms with E-state index >= 15 is 0 Å². The Bertz CT molecular complexity index is 370. The maximum Gasteiger partial charge on any atom is 0.0536 e. The van der Waals surface area contributed by atoms with E-state index in [1.54, 1.807) is 0 Å². The molecule has 1 atom stereocenters. The summed E-state index contributed by atoms with van der Waals surface area (Å²) in [5, 5.41) is 7.85. The van der Waals surface area contributed by atoms with Crippen molar-refractivity contribution in [1.82, 2.24) is 20.0 Å². The highest BCUT2D eigenvalue weighted by Gasteiger charge is 2.29. The van der Waals surface area contributed by atoms with Crippen LogP contribution in [0.25, 0.3) is 0 Å². The van der Waals surface area contributed by atoms with Crippen LogP contribution in [-0.2, 0) is 6.54 Å². The maximum atomic E-state index is 4.34. The van der Waals surface area contributed by atoms with Crippen molar-refractivity contribution in [3.8, 4) is 0 Å². The minimum Gasteiger partial charge on any atom is -0.317 e. The van der Waals surface area contributed by atoms with Gasteiger partial charge in [0.2, 0.25) is 0 Å². The van der Waals surface area contributed by atoms with Crippen molar-refractivity contribution in [3.63, 3.8) is 0 Å². The van der Waals surface area contributed by atoms with Crippen LogP contribution in [0.2, 0.25) is 0 Å². The van der Waals surface area contributed by atoms with Gasteiger partial charge in [-0.2, -0.15) is 5.10 Å². The molecule has 4 heteroatoms. The summed E-state index contributed by atoms with van der Waals surface area (Å²) in [5.41, 5.74) is 0. The average molecular weight is 276 g/mol. The second-order valence-electron chi connectivity index (χ2n) is 6.31. The van der Waals surface area contributed by atoms with E-state index in [1.807, 2.05) is 12.3 Å². The highest BCUT2D eigenvalue weighted by atomic mass is 15.3. The molecular weight excluding hydrogens is 248 g/mol. The van der Waals surface area contributed by atoms with Crippen LogP contribution < -0.4 is 5.32 Å². The zero-order valence-corrected chi connectivity index (χ0v) is 12.5. The Morgan fingerprint density at radius 2 is 1.95 bits per heavy atom. The molecule has 0 bridgehead atoms. The molecule has 2 saturated heterocycles. The lowest BCUT2D eigenvalue weighted by Crippen LogP contribution is -2.45. The van der Waals surface area contributed by atoms with Gasteiger partial charge in [0.25, 0.3) is 0 Å². The van der Waals surface area contributed by atoms with Crippen LogP contribution in [0.4, 0.5) is 0 Å². The van der Waals surface area contributed by atoms with E-state index in [9.17, 15) is 0 Å². The molecule has 0 radical (unpaired) electrons. The second kappa shape index (κ2) is 7.23. The molecule has 1 aromatic heterocycles. The van der Waals surface area contributed by atoms with E-state index in [4.69, 9.17) is 0 Å². The number of aromatic nitrogens is 2. The lowest BCUT2D eigenvalue weighted by atomic mass is 9.87. The normalized spacial score (nSPS) is 26.5. The van der Waals surface area contributed by atoms with Crippen molar-refractivity contribution in [2.75, 3.05) is 26.2 Å². The molecule has 0 aromatic carbocycles. The molecule has 3 rings (SSSR count). The summed E-state index contributed by atoms with van der Waals surface area (Å²) in [7, 11) is 0. The molecule has 1 N–H and O–H groups in total. The summed E-state index contributed by atoms with van der Waals surface area (Å²) in [6.45, 7) is 5.92. The fourth-order valence-electron chi connectivity index (χ4n) is 3.90. The SMILES string of the molecule is c1cnn(CCN2CCCCCC2C2CCNCC2)c1. The Morgan fingerprint density at radius 1 is 1.05 bits per heavy atom. The predicted octanol–water partition coefficient (Wildman–Crippen LogP) is 2.13. The van der Waals surface area contributed by atoms with E-state index in [-0.39, 0.29) is 0 Å². The third kappa shape index (κ3) is 3.61. The lowest BCUT2D eigenvalue weighted by Gasteiger charge is -2.38. The van der Waals surface area contributed by atoms with E-state index in [0.717, 1.165) is 25.0 Å².